The lowest BCUT2D eigenvalue weighted by Gasteiger charge is -2.09. The Morgan fingerprint density at radius 1 is 0.500 bits per heavy atom. The Hall–Kier alpha value is -6.20. The average Bonchev–Trinajstić information content (AvgIpc) is 3.77. The number of para-hydroxylation sites is 3. The molecule has 0 unspecified atom stereocenters. The van der Waals surface area contributed by atoms with Gasteiger partial charge >= 0.3 is 0 Å². The largest absolute Gasteiger partial charge is 0.454 e. The van der Waals surface area contributed by atoms with Crippen LogP contribution in [0, 0.1) is 6.92 Å². The summed E-state index contributed by atoms with van der Waals surface area (Å²) in [5, 5.41) is 4.48. The first-order valence-corrected chi connectivity index (χ1v) is 15.4. The molecule has 46 heavy (non-hydrogen) atoms. The fraction of sp³-hybridized carbons (Fsp3) is 0.0244. The monoisotopic (exact) mass is 591 g/mol. The van der Waals surface area contributed by atoms with Gasteiger partial charge in [-0.3, -0.25) is 9.97 Å². The first-order chi connectivity index (χ1) is 22.7. The van der Waals surface area contributed by atoms with Crippen molar-refractivity contribution in [2.45, 2.75) is 6.92 Å². The molecule has 10 aromatic rings. The quantitative estimate of drug-likeness (QED) is 0.205. The molecule has 0 radical (unpaired) electrons. The maximum atomic E-state index is 6.58. The summed E-state index contributed by atoms with van der Waals surface area (Å²) in [4.78, 5) is 9.51. The molecular formula is C41H25N3O2. The minimum absolute atomic E-state index is 0.775. The van der Waals surface area contributed by atoms with Crippen LogP contribution in [0.2, 0.25) is 0 Å². The molecule has 0 fully saturated rings. The molecule has 5 aromatic carbocycles. The van der Waals surface area contributed by atoms with Gasteiger partial charge in [0.05, 0.1) is 11.0 Å². The fourth-order valence-corrected chi connectivity index (χ4v) is 7.14. The van der Waals surface area contributed by atoms with Crippen LogP contribution in [0.3, 0.4) is 0 Å². The van der Waals surface area contributed by atoms with Gasteiger partial charge in [-0.15, -0.1) is 0 Å². The Morgan fingerprint density at radius 2 is 1.04 bits per heavy atom. The van der Waals surface area contributed by atoms with E-state index < -0.39 is 0 Å². The smallest absolute Gasteiger partial charge is 0.161 e. The molecule has 216 valence electrons. The number of benzene rings is 5. The zero-order valence-electron chi connectivity index (χ0n) is 24.9. The van der Waals surface area contributed by atoms with E-state index in [2.05, 4.69) is 107 Å². The topological polar surface area (TPSA) is 57.0 Å². The fourth-order valence-electron chi connectivity index (χ4n) is 7.14. The number of furan rings is 2. The second-order valence-electron chi connectivity index (χ2n) is 11.9. The zero-order valence-corrected chi connectivity index (χ0v) is 24.9. The molecule has 0 bridgehead atoms. The molecule has 0 amide bonds. The normalized spacial score (nSPS) is 12.0. The van der Waals surface area contributed by atoms with Crippen LogP contribution in [0.1, 0.15) is 5.56 Å². The molecular weight excluding hydrogens is 566 g/mol. The van der Waals surface area contributed by atoms with Crippen molar-refractivity contribution in [2.24, 2.45) is 0 Å². The maximum Gasteiger partial charge on any atom is 0.161 e. The van der Waals surface area contributed by atoms with E-state index >= 15 is 0 Å². The second kappa shape index (κ2) is 9.40. The predicted octanol–water partition coefficient (Wildman–Crippen LogP) is 11.0. The lowest BCUT2D eigenvalue weighted by Crippen LogP contribution is -1.93. The molecule has 0 atom stereocenters. The number of rotatable bonds is 3. The number of nitrogens with zero attached hydrogens (tertiary/aromatic N) is 3. The van der Waals surface area contributed by atoms with E-state index in [-0.39, 0.29) is 0 Å². The van der Waals surface area contributed by atoms with Gasteiger partial charge in [-0.05, 0) is 84.3 Å². The highest BCUT2D eigenvalue weighted by Crippen LogP contribution is 2.40. The van der Waals surface area contributed by atoms with E-state index in [1.165, 1.54) is 21.8 Å². The summed E-state index contributed by atoms with van der Waals surface area (Å²) < 4.78 is 15.2. The lowest BCUT2D eigenvalue weighted by atomic mass is 9.96. The van der Waals surface area contributed by atoms with Gasteiger partial charge in [0.2, 0.25) is 0 Å². The molecule has 5 heterocycles. The first kappa shape index (κ1) is 25.2. The molecule has 5 heteroatoms. The van der Waals surface area contributed by atoms with Gasteiger partial charge in [0.15, 0.2) is 11.2 Å². The Labute approximate surface area is 263 Å². The van der Waals surface area contributed by atoms with Gasteiger partial charge in [0.1, 0.15) is 22.2 Å². The molecule has 10 rings (SSSR count). The summed E-state index contributed by atoms with van der Waals surface area (Å²) in [5.74, 6) is 0. The van der Waals surface area contributed by atoms with Crippen LogP contribution in [0.4, 0.5) is 0 Å². The zero-order chi connectivity index (χ0) is 30.4. The standard InChI is InChI=1S/C41H25N3O2/c1-24-20-25(28-16-18-42-38-32-10-4-7-13-36(32)45-40(28)38)22-26(21-24)29-17-19-43-39-33-23-27(14-15-37(33)46-41(29)39)44-34-11-5-2-8-30(34)31-9-3-6-12-35(31)44/h2-23H,1H3. The van der Waals surface area contributed by atoms with Crippen LogP contribution in [0.15, 0.2) is 143 Å². The lowest BCUT2D eigenvalue weighted by molar-refractivity contribution is 0.669. The Morgan fingerprint density at radius 3 is 1.70 bits per heavy atom. The van der Waals surface area contributed by atoms with Crippen LogP contribution in [-0.4, -0.2) is 14.5 Å². The van der Waals surface area contributed by atoms with Gasteiger partial charge in [-0.25, -0.2) is 0 Å². The van der Waals surface area contributed by atoms with Gasteiger partial charge < -0.3 is 13.4 Å². The number of aryl methyl sites for hydroxylation is 1. The van der Waals surface area contributed by atoms with E-state index in [4.69, 9.17) is 13.8 Å². The molecule has 0 saturated carbocycles. The highest BCUT2D eigenvalue weighted by atomic mass is 16.3. The number of hydrogen-bond donors (Lipinski definition) is 0. The van der Waals surface area contributed by atoms with E-state index in [1.54, 1.807) is 0 Å². The van der Waals surface area contributed by atoms with Gasteiger partial charge in [-0.1, -0.05) is 60.7 Å². The van der Waals surface area contributed by atoms with Crippen LogP contribution in [0.5, 0.6) is 0 Å². The SMILES string of the molecule is Cc1cc(-c2ccnc3c2oc2ccccc23)cc(-c2ccnc3c2oc2ccc(-n4c5ccccc5c5ccccc54)cc23)c1. The van der Waals surface area contributed by atoms with Crippen molar-refractivity contribution >= 4 is 65.9 Å². The first-order valence-electron chi connectivity index (χ1n) is 15.4. The van der Waals surface area contributed by atoms with E-state index in [9.17, 15) is 0 Å². The van der Waals surface area contributed by atoms with Gasteiger partial charge in [0.25, 0.3) is 0 Å². The van der Waals surface area contributed by atoms with Crippen LogP contribution < -0.4 is 0 Å². The molecule has 0 aliphatic carbocycles. The minimum atomic E-state index is 0.775. The summed E-state index contributed by atoms with van der Waals surface area (Å²) in [6, 6.07) is 42.3. The third-order valence-corrected chi connectivity index (χ3v) is 9.13. The Bertz CT molecular complexity index is 2780. The van der Waals surface area contributed by atoms with E-state index in [1.807, 2.05) is 42.7 Å². The summed E-state index contributed by atoms with van der Waals surface area (Å²) in [7, 11) is 0. The van der Waals surface area contributed by atoms with Crippen molar-refractivity contribution in [2.75, 3.05) is 0 Å². The number of aromatic nitrogens is 3. The average molecular weight is 592 g/mol. The van der Waals surface area contributed by atoms with Crippen molar-refractivity contribution in [1.29, 1.82) is 0 Å². The molecule has 5 nitrogen and oxygen atoms in total. The van der Waals surface area contributed by atoms with Crippen LogP contribution in [0.25, 0.3) is 93.9 Å². The summed E-state index contributed by atoms with van der Waals surface area (Å²) in [5.41, 5.74) is 13.6. The highest BCUT2D eigenvalue weighted by Gasteiger charge is 2.19. The van der Waals surface area contributed by atoms with Crippen LogP contribution >= 0.6 is 0 Å². The van der Waals surface area contributed by atoms with Crippen molar-refractivity contribution in [3.8, 4) is 27.9 Å². The predicted molar refractivity (Wildman–Crippen MR) is 187 cm³/mol. The molecule has 0 aliphatic heterocycles. The second-order valence-corrected chi connectivity index (χ2v) is 11.9. The molecule has 0 N–H and O–H groups in total. The summed E-state index contributed by atoms with van der Waals surface area (Å²) in [6.45, 7) is 2.12. The third kappa shape index (κ3) is 3.57. The molecule has 5 aromatic heterocycles. The van der Waals surface area contributed by atoms with Crippen molar-refractivity contribution in [1.82, 2.24) is 14.5 Å². The van der Waals surface area contributed by atoms with Crippen LogP contribution in [-0.2, 0) is 0 Å². The number of fused-ring (bicyclic) bond motifs is 9. The highest BCUT2D eigenvalue weighted by molar-refractivity contribution is 6.12. The number of pyridine rings is 2. The van der Waals surface area contributed by atoms with E-state index in [0.29, 0.717) is 0 Å². The van der Waals surface area contributed by atoms with Gasteiger partial charge in [0, 0.05) is 50.8 Å². The third-order valence-electron chi connectivity index (χ3n) is 9.13. The maximum absolute atomic E-state index is 6.58. The Kier molecular flexibility index (Phi) is 5.14. The van der Waals surface area contributed by atoms with Gasteiger partial charge in [-0.2, -0.15) is 0 Å². The summed E-state index contributed by atoms with van der Waals surface area (Å²) >= 11 is 0. The summed E-state index contributed by atoms with van der Waals surface area (Å²) in [6.07, 6.45) is 3.74. The molecule has 0 aliphatic rings. The van der Waals surface area contributed by atoms with E-state index in [0.717, 1.165) is 77.6 Å². The van der Waals surface area contributed by atoms with Crippen molar-refractivity contribution < 1.29 is 8.83 Å². The molecule has 0 saturated heterocycles. The minimum Gasteiger partial charge on any atom is -0.454 e. The van der Waals surface area contributed by atoms with Crippen molar-refractivity contribution in [3.05, 3.63) is 139 Å². The Balaban J connectivity index is 1.16. The molecule has 0 spiro atoms. The van der Waals surface area contributed by atoms with Crippen molar-refractivity contribution in [3.63, 3.8) is 0 Å². The number of hydrogen-bond acceptors (Lipinski definition) is 4.